The first-order valence-electron chi connectivity index (χ1n) is 10.9. The molecule has 1 aromatic carbocycles. The number of carboxylic acids is 1. The summed E-state index contributed by atoms with van der Waals surface area (Å²) in [6.45, 7) is 1.72. The van der Waals surface area contributed by atoms with Crippen LogP contribution in [-0.2, 0) is 4.79 Å². The first kappa shape index (κ1) is 23.1. The molecule has 0 amide bonds. The number of nitrogens with zero attached hydrogens (tertiary/aromatic N) is 3. The molecule has 1 N–H and O–H groups in total. The van der Waals surface area contributed by atoms with Crippen molar-refractivity contribution in [2.24, 2.45) is 11.8 Å². The fraction of sp³-hybridized carbons (Fsp3) is 0.400. The van der Waals surface area contributed by atoms with Crippen LogP contribution >= 0.6 is 11.3 Å². The highest BCUT2D eigenvalue weighted by atomic mass is 32.1. The Hall–Kier alpha value is -3.02. The number of hydrogen-bond acceptors (Lipinski definition) is 6. The fourth-order valence-corrected chi connectivity index (χ4v) is 4.90. The van der Waals surface area contributed by atoms with Gasteiger partial charge in [0.25, 0.3) is 0 Å². The first-order valence-corrected chi connectivity index (χ1v) is 11.8. The number of benzene rings is 1. The van der Waals surface area contributed by atoms with Gasteiger partial charge in [0.2, 0.25) is 0 Å². The minimum atomic E-state index is -1.19. The Morgan fingerprint density at radius 1 is 1.42 bits per heavy atom. The second kappa shape index (κ2) is 10.7. The lowest BCUT2D eigenvalue weighted by Crippen LogP contribution is -2.44. The molecule has 3 atom stereocenters. The molecule has 3 heterocycles. The van der Waals surface area contributed by atoms with Gasteiger partial charge in [-0.05, 0) is 61.6 Å². The molecule has 1 aliphatic rings. The molecule has 2 aromatic heterocycles. The second-order valence-corrected chi connectivity index (χ2v) is 9.11. The smallest absolute Gasteiger partial charge is 0.308 e. The number of rotatable bonds is 7. The molecule has 1 saturated heterocycles. The predicted octanol–water partition coefficient (Wildman–Crippen LogP) is 4.57. The topological polar surface area (TPSA) is 75.5 Å². The van der Waals surface area contributed by atoms with E-state index in [2.05, 4.69) is 26.7 Å². The number of pyridine rings is 1. The molecule has 0 bridgehead atoms. The second-order valence-electron chi connectivity index (χ2n) is 8.22. The van der Waals surface area contributed by atoms with E-state index < -0.39 is 18.1 Å². The van der Waals surface area contributed by atoms with Crippen LogP contribution in [0.2, 0.25) is 0 Å². The summed E-state index contributed by atoms with van der Waals surface area (Å²) in [5.41, 5.74) is 3.02. The van der Waals surface area contributed by atoms with Gasteiger partial charge < -0.3 is 9.84 Å². The Balaban J connectivity index is 1.38. The van der Waals surface area contributed by atoms with Crippen molar-refractivity contribution in [2.45, 2.75) is 25.4 Å². The molecule has 1 fully saturated rings. The van der Waals surface area contributed by atoms with Gasteiger partial charge in [0, 0.05) is 18.1 Å². The molecule has 1 aliphatic heterocycles. The van der Waals surface area contributed by atoms with Gasteiger partial charge in [-0.15, -0.1) is 11.3 Å². The number of piperidine rings is 1. The van der Waals surface area contributed by atoms with Crippen molar-refractivity contribution in [1.82, 2.24) is 14.9 Å². The van der Waals surface area contributed by atoms with Crippen LogP contribution in [0.4, 0.5) is 4.39 Å². The SMILES string of the molecule is COc1ccc2nccc(C(F)CC[C@@H]3CCN(CC#Cc4cncs4)C[C@@H]3C(=O)O)c2c1. The van der Waals surface area contributed by atoms with Crippen molar-refractivity contribution in [2.75, 3.05) is 26.7 Å². The zero-order valence-corrected chi connectivity index (χ0v) is 19.2. The summed E-state index contributed by atoms with van der Waals surface area (Å²) in [7, 11) is 1.58. The van der Waals surface area contributed by atoms with Crippen molar-refractivity contribution in [3.63, 3.8) is 0 Å². The molecular weight excluding hydrogens is 441 g/mol. The maximum absolute atomic E-state index is 15.3. The van der Waals surface area contributed by atoms with Crippen LogP contribution < -0.4 is 4.74 Å². The molecule has 0 radical (unpaired) electrons. The number of ether oxygens (including phenoxy) is 1. The van der Waals surface area contributed by atoms with E-state index in [-0.39, 0.29) is 12.3 Å². The van der Waals surface area contributed by atoms with Crippen LogP contribution in [0.3, 0.4) is 0 Å². The van der Waals surface area contributed by atoms with E-state index in [9.17, 15) is 9.90 Å². The number of alkyl halides is 1. The summed E-state index contributed by atoms with van der Waals surface area (Å²) in [4.78, 5) is 23.2. The maximum Gasteiger partial charge on any atom is 0.308 e. The largest absolute Gasteiger partial charge is 0.497 e. The molecule has 0 saturated carbocycles. The number of hydrogen-bond donors (Lipinski definition) is 1. The summed E-state index contributed by atoms with van der Waals surface area (Å²) in [5.74, 6) is 5.41. The summed E-state index contributed by atoms with van der Waals surface area (Å²) >= 11 is 1.48. The average Bonchev–Trinajstić information content (AvgIpc) is 3.35. The number of aromatic nitrogens is 2. The fourth-order valence-electron chi connectivity index (χ4n) is 4.42. The van der Waals surface area contributed by atoms with E-state index >= 15 is 4.39 Å². The molecule has 8 heteroatoms. The highest BCUT2D eigenvalue weighted by molar-refractivity contribution is 7.10. The van der Waals surface area contributed by atoms with E-state index in [0.29, 0.717) is 36.3 Å². The summed E-state index contributed by atoms with van der Waals surface area (Å²) in [6.07, 6.45) is 3.65. The normalized spacial score (nSPS) is 19.6. The summed E-state index contributed by atoms with van der Waals surface area (Å²) < 4.78 is 20.6. The van der Waals surface area contributed by atoms with Crippen LogP contribution in [-0.4, -0.2) is 52.7 Å². The summed E-state index contributed by atoms with van der Waals surface area (Å²) in [5, 5.41) is 10.5. The lowest BCUT2D eigenvalue weighted by atomic mass is 9.81. The Morgan fingerprint density at radius 2 is 2.30 bits per heavy atom. The minimum Gasteiger partial charge on any atom is -0.497 e. The minimum absolute atomic E-state index is 0.0610. The number of fused-ring (bicyclic) bond motifs is 1. The van der Waals surface area contributed by atoms with Gasteiger partial charge in [-0.1, -0.05) is 11.8 Å². The number of likely N-dealkylation sites (tertiary alicyclic amines) is 1. The number of methoxy groups -OCH3 is 1. The summed E-state index contributed by atoms with van der Waals surface area (Å²) in [6, 6.07) is 7.12. The molecule has 33 heavy (non-hydrogen) atoms. The van der Waals surface area contributed by atoms with Crippen molar-refractivity contribution in [3.05, 3.63) is 52.6 Å². The quantitative estimate of drug-likeness (QED) is 0.513. The first-order chi connectivity index (χ1) is 16.0. The third-order valence-electron chi connectivity index (χ3n) is 6.21. The van der Waals surface area contributed by atoms with Crippen molar-refractivity contribution in [1.29, 1.82) is 0 Å². The standard InChI is InChI=1S/C25H26FN3O3S/c1-32-18-5-7-24-21(13-18)20(8-10-28-24)23(26)6-4-17-9-12-29(15-22(17)25(30)31)11-2-3-19-14-27-16-33-19/h5,7-8,10,13-14,16-17,22-23H,4,6,9,11-12,15H2,1H3,(H,30,31)/t17-,22+,23?/m1/s1. The lowest BCUT2D eigenvalue weighted by molar-refractivity contribution is -0.146. The molecule has 172 valence electrons. The van der Waals surface area contributed by atoms with Crippen LogP contribution in [0.1, 0.15) is 35.9 Å². The van der Waals surface area contributed by atoms with Gasteiger partial charge in [-0.3, -0.25) is 19.7 Å². The van der Waals surface area contributed by atoms with Gasteiger partial charge in [-0.2, -0.15) is 0 Å². The predicted molar refractivity (Wildman–Crippen MR) is 126 cm³/mol. The highest BCUT2D eigenvalue weighted by Crippen LogP contribution is 2.35. The molecule has 0 aliphatic carbocycles. The van der Waals surface area contributed by atoms with Crippen molar-refractivity contribution in [3.8, 4) is 17.6 Å². The molecule has 6 nitrogen and oxygen atoms in total. The lowest BCUT2D eigenvalue weighted by Gasteiger charge is -2.35. The number of thiazole rings is 1. The van der Waals surface area contributed by atoms with Gasteiger partial charge in [0.1, 0.15) is 11.9 Å². The zero-order valence-electron chi connectivity index (χ0n) is 18.4. The molecule has 0 spiro atoms. The molecule has 1 unspecified atom stereocenters. The van der Waals surface area contributed by atoms with E-state index in [1.165, 1.54) is 11.3 Å². The Morgan fingerprint density at radius 3 is 3.06 bits per heavy atom. The van der Waals surface area contributed by atoms with Gasteiger partial charge in [0.15, 0.2) is 0 Å². The Labute approximate surface area is 196 Å². The highest BCUT2D eigenvalue weighted by Gasteiger charge is 2.34. The zero-order chi connectivity index (χ0) is 23.2. The third kappa shape index (κ3) is 5.67. The number of aliphatic carboxylic acids is 1. The van der Waals surface area contributed by atoms with Crippen molar-refractivity contribution >= 4 is 28.2 Å². The van der Waals surface area contributed by atoms with Gasteiger partial charge in [-0.25, -0.2) is 4.39 Å². The Kier molecular flexibility index (Phi) is 7.53. The molecular formula is C25H26FN3O3S. The Bertz CT molecular complexity index is 1160. The van der Waals surface area contributed by atoms with E-state index in [1.54, 1.807) is 43.2 Å². The molecule has 3 aromatic rings. The van der Waals surface area contributed by atoms with E-state index in [0.717, 1.165) is 23.2 Å². The van der Waals surface area contributed by atoms with Crippen molar-refractivity contribution < 1.29 is 19.0 Å². The monoisotopic (exact) mass is 467 g/mol. The average molecular weight is 468 g/mol. The number of carboxylic acid groups (broad SMARTS) is 1. The van der Waals surface area contributed by atoms with Gasteiger partial charge in [0.05, 0.1) is 41.7 Å². The maximum atomic E-state index is 15.3. The van der Waals surface area contributed by atoms with E-state index in [4.69, 9.17) is 4.74 Å². The number of halogens is 1. The van der Waals surface area contributed by atoms with Crippen LogP contribution in [0.5, 0.6) is 5.75 Å². The van der Waals surface area contributed by atoms with Crippen LogP contribution in [0.15, 0.2) is 42.2 Å². The molecule has 4 rings (SSSR count). The van der Waals surface area contributed by atoms with E-state index in [1.807, 2.05) is 6.07 Å². The van der Waals surface area contributed by atoms with Crippen LogP contribution in [0, 0.1) is 23.7 Å². The third-order valence-corrected chi connectivity index (χ3v) is 6.90. The van der Waals surface area contributed by atoms with Crippen LogP contribution in [0.25, 0.3) is 10.9 Å². The van der Waals surface area contributed by atoms with Gasteiger partial charge >= 0.3 is 5.97 Å². The number of carbonyl (C=O) groups is 1.